The summed E-state index contributed by atoms with van der Waals surface area (Å²) in [7, 11) is 0. The van der Waals surface area contributed by atoms with Crippen LogP contribution in [0.1, 0.15) is 15.9 Å². The molecule has 0 fully saturated rings. The molecule has 1 aliphatic heterocycles. The maximum atomic E-state index is 12.4. The van der Waals surface area contributed by atoms with Gasteiger partial charge in [0.25, 0.3) is 5.91 Å². The minimum Gasteiger partial charge on any atom is -0.457 e. The van der Waals surface area contributed by atoms with E-state index in [1.165, 1.54) is 0 Å². The van der Waals surface area contributed by atoms with E-state index >= 15 is 0 Å². The summed E-state index contributed by atoms with van der Waals surface area (Å²) in [6.45, 7) is 0.640. The lowest BCUT2D eigenvalue weighted by Crippen LogP contribution is -2.14. The second kappa shape index (κ2) is 7.92. The van der Waals surface area contributed by atoms with E-state index in [-0.39, 0.29) is 0 Å². The third-order valence-corrected chi connectivity index (χ3v) is 5.71. The molecule has 0 bridgehead atoms. The van der Waals surface area contributed by atoms with Gasteiger partial charge in [0.1, 0.15) is 28.6 Å². The van der Waals surface area contributed by atoms with Crippen LogP contribution in [0.25, 0.3) is 11.3 Å². The highest BCUT2D eigenvalue weighted by Gasteiger charge is 2.26. The average molecular weight is 475 g/mol. The Hall–Kier alpha value is -3.58. The quantitative estimate of drug-likeness (QED) is 0.408. The first-order valence-corrected chi connectivity index (χ1v) is 10.7. The molecular weight excluding hydrogens is 456 g/mol. The van der Waals surface area contributed by atoms with Crippen LogP contribution >= 0.6 is 15.9 Å². The Balaban J connectivity index is 1.50. The number of nitrogens with two attached hydrogens (primary N) is 1. The largest absolute Gasteiger partial charge is 0.457 e. The molecule has 0 atom stereocenters. The van der Waals surface area contributed by atoms with Crippen LogP contribution in [0, 0.1) is 0 Å². The van der Waals surface area contributed by atoms with Gasteiger partial charge in [0.2, 0.25) is 0 Å². The SMILES string of the molecule is NC(=O)c1c(-c2ccc(Oc3ccccc3)cc2)nn2c1Nc1ccc(Br)cc1CC2. The summed E-state index contributed by atoms with van der Waals surface area (Å²) in [5, 5.41) is 8.09. The third-order valence-electron chi connectivity index (χ3n) is 5.22. The van der Waals surface area contributed by atoms with Crippen LogP contribution < -0.4 is 15.8 Å². The second-order valence-electron chi connectivity index (χ2n) is 7.28. The molecule has 0 spiro atoms. The number of anilines is 2. The fourth-order valence-electron chi connectivity index (χ4n) is 3.74. The number of primary amides is 1. The molecule has 1 aliphatic rings. The Kier molecular flexibility index (Phi) is 4.95. The second-order valence-corrected chi connectivity index (χ2v) is 8.19. The van der Waals surface area contributed by atoms with E-state index in [2.05, 4.69) is 27.3 Å². The zero-order chi connectivity index (χ0) is 21.4. The molecule has 0 radical (unpaired) electrons. The van der Waals surface area contributed by atoms with Crippen LogP contribution in [0.2, 0.25) is 0 Å². The Labute approximate surface area is 187 Å². The van der Waals surface area contributed by atoms with E-state index in [1.807, 2.05) is 71.4 Å². The van der Waals surface area contributed by atoms with Gasteiger partial charge in [-0.15, -0.1) is 0 Å². The summed E-state index contributed by atoms with van der Waals surface area (Å²) in [4.78, 5) is 12.4. The average Bonchev–Trinajstić information content (AvgIpc) is 3.04. The number of nitrogens with one attached hydrogen (secondary N) is 1. The zero-order valence-corrected chi connectivity index (χ0v) is 18.1. The molecule has 1 amide bonds. The van der Waals surface area contributed by atoms with Gasteiger partial charge in [0, 0.05) is 22.3 Å². The molecular formula is C24H19BrN4O2. The van der Waals surface area contributed by atoms with Crippen molar-refractivity contribution in [3.8, 4) is 22.8 Å². The molecule has 0 saturated carbocycles. The molecule has 5 rings (SSSR count). The van der Waals surface area contributed by atoms with Crippen LogP contribution in [0.15, 0.2) is 77.3 Å². The van der Waals surface area contributed by atoms with Crippen LogP contribution in [0.5, 0.6) is 11.5 Å². The Bertz CT molecular complexity index is 1270. The van der Waals surface area contributed by atoms with Crippen molar-refractivity contribution in [2.45, 2.75) is 13.0 Å². The highest BCUT2D eigenvalue weighted by Crippen LogP contribution is 2.35. The van der Waals surface area contributed by atoms with Gasteiger partial charge in [0.15, 0.2) is 0 Å². The fourth-order valence-corrected chi connectivity index (χ4v) is 4.15. The van der Waals surface area contributed by atoms with Gasteiger partial charge in [0.05, 0.1) is 0 Å². The Morgan fingerprint density at radius 3 is 2.52 bits per heavy atom. The summed E-state index contributed by atoms with van der Waals surface area (Å²) < 4.78 is 8.69. The van der Waals surface area contributed by atoms with Gasteiger partial charge in [-0.2, -0.15) is 5.10 Å². The van der Waals surface area contributed by atoms with E-state index in [1.54, 1.807) is 0 Å². The van der Waals surface area contributed by atoms with E-state index < -0.39 is 5.91 Å². The number of amides is 1. The van der Waals surface area contributed by atoms with Gasteiger partial charge in [-0.3, -0.25) is 4.79 Å². The molecule has 31 heavy (non-hydrogen) atoms. The Morgan fingerprint density at radius 1 is 1.03 bits per heavy atom. The lowest BCUT2D eigenvalue weighted by atomic mass is 10.1. The number of benzene rings is 3. The van der Waals surface area contributed by atoms with Crippen LogP contribution in [-0.4, -0.2) is 15.7 Å². The molecule has 0 saturated heterocycles. The van der Waals surface area contributed by atoms with Crippen molar-refractivity contribution in [2.24, 2.45) is 5.73 Å². The zero-order valence-electron chi connectivity index (χ0n) is 16.5. The highest BCUT2D eigenvalue weighted by molar-refractivity contribution is 9.10. The molecule has 2 heterocycles. The van der Waals surface area contributed by atoms with E-state index in [9.17, 15) is 4.79 Å². The number of para-hydroxylation sites is 1. The Morgan fingerprint density at radius 2 is 1.77 bits per heavy atom. The molecule has 0 aliphatic carbocycles. The third kappa shape index (κ3) is 3.80. The number of rotatable bonds is 4. The first-order chi connectivity index (χ1) is 15.1. The van der Waals surface area contributed by atoms with E-state index in [0.29, 0.717) is 29.4 Å². The molecule has 0 unspecified atom stereocenters. The molecule has 4 aromatic rings. The van der Waals surface area contributed by atoms with Crippen LogP contribution in [0.4, 0.5) is 11.5 Å². The maximum Gasteiger partial charge on any atom is 0.254 e. The van der Waals surface area contributed by atoms with Crippen LogP contribution in [-0.2, 0) is 13.0 Å². The van der Waals surface area contributed by atoms with E-state index in [0.717, 1.165) is 33.5 Å². The monoisotopic (exact) mass is 474 g/mol. The molecule has 7 heteroatoms. The van der Waals surface area contributed by atoms with Gasteiger partial charge >= 0.3 is 0 Å². The normalized spacial score (nSPS) is 12.3. The predicted octanol–water partition coefficient (Wildman–Crippen LogP) is 5.50. The molecule has 3 aromatic carbocycles. The number of aryl methyl sites for hydroxylation is 2. The maximum absolute atomic E-state index is 12.4. The number of carbonyl (C=O) groups excluding carboxylic acids is 1. The minimum atomic E-state index is -0.520. The topological polar surface area (TPSA) is 82.2 Å². The van der Waals surface area contributed by atoms with Gasteiger partial charge < -0.3 is 15.8 Å². The van der Waals surface area contributed by atoms with Crippen molar-refractivity contribution in [3.05, 3.63) is 88.4 Å². The molecule has 6 nitrogen and oxygen atoms in total. The number of hydrogen-bond acceptors (Lipinski definition) is 4. The van der Waals surface area contributed by atoms with Crippen molar-refractivity contribution < 1.29 is 9.53 Å². The molecule has 1 aromatic heterocycles. The predicted molar refractivity (Wildman–Crippen MR) is 124 cm³/mol. The summed E-state index contributed by atoms with van der Waals surface area (Å²) in [6.07, 6.45) is 0.790. The van der Waals surface area contributed by atoms with E-state index in [4.69, 9.17) is 15.6 Å². The number of halogens is 1. The van der Waals surface area contributed by atoms with Crippen molar-refractivity contribution in [1.29, 1.82) is 0 Å². The summed E-state index contributed by atoms with van der Waals surface area (Å²) in [5.74, 6) is 1.56. The number of ether oxygens (including phenoxy) is 1. The number of hydrogen-bond donors (Lipinski definition) is 2. The van der Waals surface area contributed by atoms with Crippen molar-refractivity contribution in [2.75, 3.05) is 5.32 Å². The summed E-state index contributed by atoms with van der Waals surface area (Å²) in [6, 6.07) is 23.1. The van der Waals surface area contributed by atoms with Gasteiger partial charge in [-0.05, 0) is 66.6 Å². The first-order valence-electron chi connectivity index (χ1n) is 9.88. The van der Waals surface area contributed by atoms with Gasteiger partial charge in [-0.25, -0.2) is 4.68 Å². The lowest BCUT2D eigenvalue weighted by Gasteiger charge is -2.09. The number of nitrogens with zero attached hydrogens (tertiary/aromatic N) is 2. The first kappa shape index (κ1) is 19.4. The van der Waals surface area contributed by atoms with Crippen molar-refractivity contribution in [3.63, 3.8) is 0 Å². The van der Waals surface area contributed by atoms with Crippen molar-refractivity contribution >= 4 is 33.3 Å². The highest BCUT2D eigenvalue weighted by atomic mass is 79.9. The summed E-state index contributed by atoms with van der Waals surface area (Å²) >= 11 is 3.51. The number of aromatic nitrogens is 2. The minimum absolute atomic E-state index is 0.382. The van der Waals surface area contributed by atoms with Crippen molar-refractivity contribution in [1.82, 2.24) is 9.78 Å². The smallest absolute Gasteiger partial charge is 0.254 e. The summed E-state index contributed by atoms with van der Waals surface area (Å²) in [5.41, 5.74) is 9.62. The fraction of sp³-hybridized carbons (Fsp3) is 0.0833. The number of carbonyl (C=O) groups is 1. The lowest BCUT2D eigenvalue weighted by molar-refractivity contribution is 0.100. The molecule has 3 N–H and O–H groups in total. The number of fused-ring (bicyclic) bond motifs is 2. The van der Waals surface area contributed by atoms with Gasteiger partial charge in [-0.1, -0.05) is 34.1 Å². The standard InChI is InChI=1S/C24H19BrN4O2/c25-17-8-11-20-16(14-17)12-13-29-24(27-20)21(23(26)30)22(28-29)15-6-9-19(10-7-15)31-18-4-2-1-3-5-18/h1-11,14,27H,12-13H2,(H2,26,30). The van der Waals surface area contributed by atoms with Crippen LogP contribution in [0.3, 0.4) is 0 Å². The molecule has 154 valence electrons.